The minimum atomic E-state index is -0.593. The molecule has 7 atom stereocenters. The number of unbranched alkanes of at least 4 members (excludes halogenated alkanes) is 3. The highest BCUT2D eigenvalue weighted by Gasteiger charge is 2.62. The van der Waals surface area contributed by atoms with Gasteiger partial charge in [0.25, 0.3) is 0 Å². The lowest BCUT2D eigenvalue weighted by Crippen LogP contribution is -2.57. The Morgan fingerprint density at radius 2 is 1.89 bits per heavy atom. The number of carbonyl (C=O) groups excluding carboxylic acids is 4. The Hall–Kier alpha value is -2.02. The molecule has 2 N–H and O–H groups in total. The van der Waals surface area contributed by atoms with E-state index < -0.39 is 12.1 Å². The Labute approximate surface area is 221 Å². The molecule has 3 unspecified atom stereocenters. The number of nitrogens with one attached hydrogen (secondary N) is 1. The van der Waals surface area contributed by atoms with Crippen LogP contribution in [0.15, 0.2) is 11.6 Å². The van der Waals surface area contributed by atoms with Crippen molar-refractivity contribution in [2.45, 2.75) is 104 Å². The van der Waals surface area contributed by atoms with Gasteiger partial charge in [0.1, 0.15) is 13.2 Å². The first-order chi connectivity index (χ1) is 17.6. The first kappa shape index (κ1) is 28.0. The fourth-order valence-corrected chi connectivity index (χ4v) is 8.49. The van der Waals surface area contributed by atoms with E-state index in [9.17, 15) is 24.3 Å². The molecule has 4 aliphatic rings. The topological polar surface area (TPSA) is 110 Å². The molecule has 0 aromatic carbocycles. The number of Topliss-reactive ketones (excluding diaryl/α,β-unsaturated/α-hetero) is 1. The lowest BCUT2D eigenvalue weighted by molar-refractivity contribution is -0.155. The van der Waals surface area contributed by atoms with Gasteiger partial charge in [-0.3, -0.25) is 19.2 Å². The van der Waals surface area contributed by atoms with Crippen LogP contribution in [0.5, 0.6) is 0 Å². The maximum atomic E-state index is 13.3. The molecule has 206 valence electrons. The van der Waals surface area contributed by atoms with Gasteiger partial charge < -0.3 is 15.2 Å². The second kappa shape index (κ2) is 11.4. The normalized spacial score (nSPS) is 36.6. The quantitative estimate of drug-likeness (QED) is 0.332. The summed E-state index contributed by atoms with van der Waals surface area (Å²) in [5, 5.41) is 14.1. The summed E-state index contributed by atoms with van der Waals surface area (Å²) < 4.78 is 5.26. The van der Waals surface area contributed by atoms with Gasteiger partial charge in [0.2, 0.25) is 5.91 Å². The van der Waals surface area contributed by atoms with Crippen LogP contribution in [0.25, 0.3) is 0 Å². The number of esters is 1. The second-order valence-electron chi connectivity index (χ2n) is 12.5. The zero-order chi connectivity index (χ0) is 26.8. The van der Waals surface area contributed by atoms with Crippen molar-refractivity contribution in [1.82, 2.24) is 5.32 Å². The van der Waals surface area contributed by atoms with Gasteiger partial charge in [-0.2, -0.15) is 0 Å². The fraction of sp³-hybridized carbons (Fsp3) is 0.800. The first-order valence-electron chi connectivity index (χ1n) is 14.5. The maximum Gasteiger partial charge on any atom is 0.325 e. The Morgan fingerprint density at radius 1 is 1.11 bits per heavy atom. The van der Waals surface area contributed by atoms with Crippen molar-refractivity contribution < 1.29 is 29.0 Å². The van der Waals surface area contributed by atoms with Crippen LogP contribution in [0.2, 0.25) is 0 Å². The molecule has 0 aliphatic heterocycles. The molecule has 0 saturated heterocycles. The van der Waals surface area contributed by atoms with Crippen molar-refractivity contribution in [2.24, 2.45) is 34.5 Å². The molecule has 3 fully saturated rings. The Bertz CT molecular complexity index is 942. The second-order valence-corrected chi connectivity index (χ2v) is 12.5. The third kappa shape index (κ3) is 5.57. The van der Waals surface area contributed by atoms with Gasteiger partial charge in [-0.25, -0.2) is 0 Å². The summed E-state index contributed by atoms with van der Waals surface area (Å²) in [6.45, 7) is 5.99. The van der Waals surface area contributed by atoms with Gasteiger partial charge >= 0.3 is 5.97 Å². The predicted octanol–water partition coefficient (Wildman–Crippen LogP) is 4.30. The van der Waals surface area contributed by atoms with Crippen molar-refractivity contribution >= 4 is 23.4 Å². The van der Waals surface area contributed by atoms with Crippen LogP contribution in [0.4, 0.5) is 0 Å². The molecule has 0 aromatic heterocycles. The predicted molar refractivity (Wildman–Crippen MR) is 139 cm³/mol. The molecule has 7 nitrogen and oxygen atoms in total. The highest BCUT2D eigenvalue weighted by atomic mass is 16.5. The summed E-state index contributed by atoms with van der Waals surface area (Å²) in [6.07, 6.45) is 11.1. The average Bonchev–Trinajstić information content (AvgIpc) is 3.20. The molecule has 1 amide bonds. The third-order valence-corrected chi connectivity index (χ3v) is 10.3. The monoisotopic (exact) mass is 515 g/mol. The van der Waals surface area contributed by atoms with E-state index in [1.165, 1.54) is 5.57 Å². The average molecular weight is 516 g/mol. The summed E-state index contributed by atoms with van der Waals surface area (Å²) in [6, 6.07) is 0. The molecule has 37 heavy (non-hydrogen) atoms. The van der Waals surface area contributed by atoms with Crippen molar-refractivity contribution in [3.05, 3.63) is 11.6 Å². The number of rotatable bonds is 10. The van der Waals surface area contributed by atoms with Crippen LogP contribution < -0.4 is 5.32 Å². The standard InChI is InChI=1S/C30H45NO6/c1-4-5-6-7-8-26(35)31-17-27(36)37-18-25(34)23-12-11-22-21-10-9-19-15-20(32)13-14-29(19,2)28(21)24(33)16-30(22,23)3/h15,21-24,28,33H,4-14,16-18H2,1-3H3,(H,31,35)/t21-,22?,23?,24-,28?,29-,30-/m0/s1. The SMILES string of the molecule is CCCCCCC(=O)NCC(=O)OCC(=O)C1CCC2[C@@H]3CCC4=CC(=O)CC[C@]4(C)C3[C@@H](O)C[C@]12C. The minimum Gasteiger partial charge on any atom is -0.456 e. The number of fused-ring (bicyclic) bond motifs is 5. The van der Waals surface area contributed by atoms with Crippen molar-refractivity contribution in [3.63, 3.8) is 0 Å². The highest BCUT2D eigenvalue weighted by Crippen LogP contribution is 2.66. The van der Waals surface area contributed by atoms with Crippen LogP contribution in [0.3, 0.4) is 0 Å². The van der Waals surface area contributed by atoms with Gasteiger partial charge in [0, 0.05) is 18.8 Å². The molecule has 0 spiro atoms. The molecule has 0 aromatic rings. The van der Waals surface area contributed by atoms with E-state index in [1.807, 2.05) is 6.08 Å². The van der Waals surface area contributed by atoms with Crippen LogP contribution in [0.1, 0.15) is 97.8 Å². The minimum absolute atomic E-state index is 0.0826. The molecule has 4 rings (SSSR count). The number of aliphatic hydroxyl groups excluding tert-OH is 1. The fourth-order valence-electron chi connectivity index (χ4n) is 8.49. The van der Waals surface area contributed by atoms with E-state index in [0.29, 0.717) is 31.1 Å². The molecule has 0 heterocycles. The summed E-state index contributed by atoms with van der Waals surface area (Å²) >= 11 is 0. The summed E-state index contributed by atoms with van der Waals surface area (Å²) in [5.41, 5.74) is 0.743. The van der Waals surface area contributed by atoms with Gasteiger partial charge in [-0.05, 0) is 79.6 Å². The summed E-state index contributed by atoms with van der Waals surface area (Å²) in [4.78, 5) is 49.4. The molecule has 4 aliphatic carbocycles. The van der Waals surface area contributed by atoms with E-state index in [2.05, 4.69) is 26.1 Å². The highest BCUT2D eigenvalue weighted by molar-refractivity contribution is 5.91. The zero-order valence-corrected chi connectivity index (χ0v) is 22.9. The number of amides is 1. The molecule has 3 saturated carbocycles. The summed E-state index contributed by atoms with van der Waals surface area (Å²) in [5.74, 6) is -0.0921. The Morgan fingerprint density at radius 3 is 2.65 bits per heavy atom. The van der Waals surface area contributed by atoms with Crippen LogP contribution in [-0.4, -0.2) is 47.8 Å². The number of hydrogen-bond acceptors (Lipinski definition) is 6. The van der Waals surface area contributed by atoms with Crippen molar-refractivity contribution in [1.29, 1.82) is 0 Å². The number of carbonyl (C=O) groups is 4. The Kier molecular flexibility index (Phi) is 8.61. The van der Waals surface area contributed by atoms with E-state index in [1.54, 1.807) is 0 Å². The molecule has 7 heteroatoms. The van der Waals surface area contributed by atoms with Crippen LogP contribution in [-0.2, 0) is 23.9 Å². The summed E-state index contributed by atoms with van der Waals surface area (Å²) in [7, 11) is 0. The van der Waals surface area contributed by atoms with Gasteiger partial charge in [-0.1, -0.05) is 45.6 Å². The molecule has 0 bridgehead atoms. The van der Waals surface area contributed by atoms with E-state index in [0.717, 1.165) is 57.8 Å². The van der Waals surface area contributed by atoms with Crippen molar-refractivity contribution in [3.8, 4) is 0 Å². The van der Waals surface area contributed by atoms with Crippen molar-refractivity contribution in [2.75, 3.05) is 13.2 Å². The zero-order valence-electron chi connectivity index (χ0n) is 22.9. The number of hydrogen-bond donors (Lipinski definition) is 2. The van der Waals surface area contributed by atoms with E-state index in [-0.39, 0.29) is 53.3 Å². The van der Waals surface area contributed by atoms with Crippen LogP contribution in [0, 0.1) is 34.5 Å². The Balaban J connectivity index is 1.32. The molecular weight excluding hydrogens is 470 g/mol. The first-order valence-corrected chi connectivity index (χ1v) is 14.5. The number of ketones is 2. The molecular formula is C30H45NO6. The van der Waals surface area contributed by atoms with E-state index >= 15 is 0 Å². The van der Waals surface area contributed by atoms with Gasteiger partial charge in [0.05, 0.1) is 6.10 Å². The third-order valence-electron chi connectivity index (χ3n) is 10.3. The maximum absolute atomic E-state index is 13.3. The number of aliphatic hydroxyl groups is 1. The largest absolute Gasteiger partial charge is 0.456 e. The lowest BCUT2D eigenvalue weighted by Gasteiger charge is -2.59. The van der Waals surface area contributed by atoms with E-state index in [4.69, 9.17) is 4.74 Å². The van der Waals surface area contributed by atoms with Gasteiger partial charge in [0.15, 0.2) is 11.6 Å². The number of allylic oxidation sites excluding steroid dienone is 1. The van der Waals surface area contributed by atoms with Gasteiger partial charge in [-0.15, -0.1) is 0 Å². The number of ether oxygens (including phenoxy) is 1. The smallest absolute Gasteiger partial charge is 0.325 e. The lowest BCUT2D eigenvalue weighted by atomic mass is 9.46. The molecule has 0 radical (unpaired) electrons. The van der Waals surface area contributed by atoms with Crippen LogP contribution >= 0.6 is 0 Å².